The maximum absolute atomic E-state index is 11.3. The second-order valence-corrected chi connectivity index (χ2v) is 3.04. The molecule has 0 aromatic heterocycles. The third-order valence-corrected chi connectivity index (χ3v) is 1.98. The van der Waals surface area contributed by atoms with E-state index in [1.807, 2.05) is 23.6 Å². The summed E-state index contributed by atoms with van der Waals surface area (Å²) in [5, 5.41) is 0. The molecule has 0 spiro atoms. The number of hydrogen-bond acceptors (Lipinski definition) is 3. The molecule has 4 nitrogen and oxygen atoms in total. The average Bonchev–Trinajstić information content (AvgIpc) is 2.18. The predicted octanol–water partition coefficient (Wildman–Crippen LogP) is -0.150. The van der Waals surface area contributed by atoms with E-state index < -0.39 is 11.4 Å². The van der Waals surface area contributed by atoms with Crippen molar-refractivity contribution in [3.63, 3.8) is 0 Å². The fraction of sp³-hybridized carbons (Fsp3) is 0.222. The van der Waals surface area contributed by atoms with Crippen LogP contribution in [0.15, 0.2) is 30.3 Å². The fourth-order valence-electron chi connectivity index (χ4n) is 1.07. The Morgan fingerprint density at radius 1 is 1.38 bits per heavy atom. The zero-order valence-corrected chi connectivity index (χ0v) is 7.45. The van der Waals surface area contributed by atoms with Crippen molar-refractivity contribution in [1.29, 1.82) is 0 Å². The molecule has 1 amide bonds. The molecule has 1 aromatic carbocycles. The standard InChI is InChI=1S/C9H13N3O/c1-9(10,8(13)12-11)7-5-3-2-4-6-7/h2-6H,10-11H2,1H3,(H,12,13). The number of benzene rings is 1. The molecule has 0 radical (unpaired) electrons. The molecule has 0 saturated carbocycles. The first-order chi connectivity index (χ1) is 6.09. The zero-order chi connectivity index (χ0) is 9.90. The lowest BCUT2D eigenvalue weighted by Crippen LogP contribution is -2.51. The number of hydrazine groups is 1. The third kappa shape index (κ3) is 1.85. The van der Waals surface area contributed by atoms with Gasteiger partial charge < -0.3 is 5.73 Å². The molecule has 0 fully saturated rings. The second kappa shape index (κ2) is 3.55. The van der Waals surface area contributed by atoms with Crippen LogP contribution in [0.25, 0.3) is 0 Å². The van der Waals surface area contributed by atoms with Crippen LogP contribution in [0.5, 0.6) is 0 Å². The molecule has 13 heavy (non-hydrogen) atoms. The quantitative estimate of drug-likeness (QED) is 0.335. The van der Waals surface area contributed by atoms with Crippen LogP contribution in [0.4, 0.5) is 0 Å². The van der Waals surface area contributed by atoms with Crippen molar-refractivity contribution in [3.8, 4) is 0 Å². The Bertz CT molecular complexity index is 295. The van der Waals surface area contributed by atoms with Gasteiger partial charge in [0.2, 0.25) is 0 Å². The number of nitrogens with one attached hydrogen (secondary N) is 1. The Morgan fingerprint density at radius 3 is 2.38 bits per heavy atom. The number of rotatable bonds is 2. The highest BCUT2D eigenvalue weighted by Crippen LogP contribution is 2.16. The number of carbonyl (C=O) groups is 1. The van der Waals surface area contributed by atoms with E-state index in [1.54, 1.807) is 19.1 Å². The minimum Gasteiger partial charge on any atom is -0.314 e. The van der Waals surface area contributed by atoms with Gasteiger partial charge in [0.15, 0.2) is 0 Å². The van der Waals surface area contributed by atoms with Crippen LogP contribution in [0, 0.1) is 0 Å². The Hall–Kier alpha value is -1.39. The van der Waals surface area contributed by atoms with E-state index in [0.29, 0.717) is 0 Å². The predicted molar refractivity (Wildman–Crippen MR) is 50.3 cm³/mol. The summed E-state index contributed by atoms with van der Waals surface area (Å²) in [5.74, 6) is 4.61. The molecule has 4 heteroatoms. The van der Waals surface area contributed by atoms with Gasteiger partial charge in [-0.3, -0.25) is 10.2 Å². The Balaban J connectivity index is 3.00. The normalized spacial score (nSPS) is 14.7. The minimum atomic E-state index is -1.07. The summed E-state index contributed by atoms with van der Waals surface area (Å²) in [4.78, 5) is 11.3. The SMILES string of the molecule is CC(N)(C(=O)NN)c1ccccc1. The van der Waals surface area contributed by atoms with E-state index in [0.717, 1.165) is 5.56 Å². The summed E-state index contributed by atoms with van der Waals surface area (Å²) in [6, 6.07) is 9.08. The molecule has 1 unspecified atom stereocenters. The first-order valence-corrected chi connectivity index (χ1v) is 3.94. The summed E-state index contributed by atoms with van der Waals surface area (Å²) in [7, 11) is 0. The largest absolute Gasteiger partial charge is 0.314 e. The van der Waals surface area contributed by atoms with Crippen molar-refractivity contribution in [1.82, 2.24) is 5.43 Å². The Kier molecular flexibility index (Phi) is 2.65. The molecule has 5 N–H and O–H groups in total. The molecular formula is C9H13N3O. The van der Waals surface area contributed by atoms with E-state index >= 15 is 0 Å². The molecule has 0 heterocycles. The molecule has 70 valence electrons. The summed E-state index contributed by atoms with van der Waals surface area (Å²) >= 11 is 0. The molecule has 1 aromatic rings. The zero-order valence-electron chi connectivity index (χ0n) is 7.45. The monoisotopic (exact) mass is 179 g/mol. The lowest BCUT2D eigenvalue weighted by atomic mass is 9.93. The number of nitrogens with two attached hydrogens (primary N) is 2. The van der Waals surface area contributed by atoms with Crippen molar-refractivity contribution in [2.24, 2.45) is 11.6 Å². The van der Waals surface area contributed by atoms with E-state index in [-0.39, 0.29) is 0 Å². The van der Waals surface area contributed by atoms with Crippen molar-refractivity contribution in [2.45, 2.75) is 12.5 Å². The highest BCUT2D eigenvalue weighted by molar-refractivity contribution is 5.86. The van der Waals surface area contributed by atoms with Gasteiger partial charge in [-0.2, -0.15) is 0 Å². The van der Waals surface area contributed by atoms with Crippen LogP contribution < -0.4 is 17.0 Å². The van der Waals surface area contributed by atoms with Gasteiger partial charge in [-0.15, -0.1) is 0 Å². The molecular weight excluding hydrogens is 166 g/mol. The summed E-state index contributed by atoms with van der Waals surface area (Å²) in [6.45, 7) is 1.62. The lowest BCUT2D eigenvalue weighted by Gasteiger charge is -2.22. The summed E-state index contributed by atoms with van der Waals surface area (Å²) < 4.78 is 0. The first kappa shape index (κ1) is 9.70. The topological polar surface area (TPSA) is 81.1 Å². The van der Waals surface area contributed by atoms with Crippen molar-refractivity contribution < 1.29 is 4.79 Å². The lowest BCUT2D eigenvalue weighted by molar-refractivity contribution is -0.126. The second-order valence-electron chi connectivity index (χ2n) is 3.04. The molecule has 0 aliphatic carbocycles. The van der Waals surface area contributed by atoms with Gasteiger partial charge in [0.25, 0.3) is 5.91 Å². The maximum atomic E-state index is 11.3. The van der Waals surface area contributed by atoms with Gasteiger partial charge in [-0.05, 0) is 12.5 Å². The smallest absolute Gasteiger partial charge is 0.258 e. The number of amides is 1. The molecule has 0 saturated heterocycles. The fourth-order valence-corrected chi connectivity index (χ4v) is 1.07. The van der Waals surface area contributed by atoms with Crippen molar-refractivity contribution >= 4 is 5.91 Å². The van der Waals surface area contributed by atoms with E-state index in [2.05, 4.69) is 0 Å². The minimum absolute atomic E-state index is 0.404. The van der Waals surface area contributed by atoms with Crippen molar-refractivity contribution in [3.05, 3.63) is 35.9 Å². The van der Waals surface area contributed by atoms with Crippen LogP contribution in [-0.4, -0.2) is 5.91 Å². The van der Waals surface area contributed by atoms with E-state index in [4.69, 9.17) is 11.6 Å². The highest BCUT2D eigenvalue weighted by Gasteiger charge is 2.29. The first-order valence-electron chi connectivity index (χ1n) is 3.94. The molecule has 0 aliphatic rings. The van der Waals surface area contributed by atoms with Gasteiger partial charge in [0, 0.05) is 0 Å². The van der Waals surface area contributed by atoms with E-state index in [1.165, 1.54) is 0 Å². The van der Waals surface area contributed by atoms with Crippen LogP contribution in [0.3, 0.4) is 0 Å². The molecule has 1 atom stereocenters. The van der Waals surface area contributed by atoms with E-state index in [9.17, 15) is 4.79 Å². The van der Waals surface area contributed by atoms with Gasteiger partial charge >= 0.3 is 0 Å². The van der Waals surface area contributed by atoms with Crippen LogP contribution >= 0.6 is 0 Å². The number of hydrogen-bond donors (Lipinski definition) is 3. The van der Waals surface area contributed by atoms with Gasteiger partial charge in [-0.1, -0.05) is 30.3 Å². The molecule has 0 aliphatic heterocycles. The van der Waals surface area contributed by atoms with Gasteiger partial charge in [-0.25, -0.2) is 5.84 Å². The van der Waals surface area contributed by atoms with Crippen LogP contribution in [0.2, 0.25) is 0 Å². The average molecular weight is 179 g/mol. The summed E-state index contributed by atoms with van der Waals surface area (Å²) in [6.07, 6.45) is 0. The third-order valence-electron chi connectivity index (χ3n) is 1.98. The van der Waals surface area contributed by atoms with Gasteiger partial charge in [0.1, 0.15) is 5.54 Å². The molecule has 1 rings (SSSR count). The van der Waals surface area contributed by atoms with Gasteiger partial charge in [0.05, 0.1) is 0 Å². The highest BCUT2D eigenvalue weighted by atomic mass is 16.2. The summed E-state index contributed by atoms with van der Waals surface area (Å²) in [5.41, 5.74) is 7.50. The van der Waals surface area contributed by atoms with Crippen LogP contribution in [-0.2, 0) is 10.3 Å². The van der Waals surface area contributed by atoms with Crippen molar-refractivity contribution in [2.75, 3.05) is 0 Å². The Labute approximate surface area is 76.9 Å². The Morgan fingerprint density at radius 2 is 1.92 bits per heavy atom. The molecule has 0 bridgehead atoms. The van der Waals surface area contributed by atoms with Crippen LogP contribution in [0.1, 0.15) is 12.5 Å². The number of carbonyl (C=O) groups excluding carboxylic acids is 1. The maximum Gasteiger partial charge on any atom is 0.258 e.